The largest absolute Gasteiger partial charge is 0.344 e. The fourth-order valence-corrected chi connectivity index (χ4v) is 3.23. The first-order valence-corrected chi connectivity index (χ1v) is 6.94. The summed E-state index contributed by atoms with van der Waals surface area (Å²) in [6.45, 7) is 4.59. The predicted molar refractivity (Wildman–Crippen MR) is 80.8 cm³/mol. The highest BCUT2D eigenvalue weighted by Gasteiger charge is 2.34. The van der Waals surface area contributed by atoms with Gasteiger partial charge in [0.1, 0.15) is 0 Å². The molecule has 2 heteroatoms. The predicted octanol–water partition coefficient (Wildman–Crippen LogP) is 4.86. The van der Waals surface area contributed by atoms with E-state index in [1.54, 1.807) is 0 Å². The summed E-state index contributed by atoms with van der Waals surface area (Å²) in [7, 11) is 2.14. The number of nitrogens with zero attached hydrogens (tertiary/aromatic N) is 1. The molecule has 0 saturated carbocycles. The Hall–Kier alpha value is -1.28. The molecule has 2 aromatic rings. The van der Waals surface area contributed by atoms with E-state index in [4.69, 9.17) is 0 Å². The number of hydrogen-bond donors (Lipinski definition) is 0. The highest BCUT2D eigenvalue weighted by molar-refractivity contribution is 9.10. The van der Waals surface area contributed by atoms with E-state index in [1.807, 2.05) is 0 Å². The second-order valence-electron chi connectivity index (χ2n) is 5.36. The van der Waals surface area contributed by atoms with Gasteiger partial charge in [-0.25, -0.2) is 0 Å². The van der Waals surface area contributed by atoms with Crippen LogP contribution in [0.3, 0.4) is 0 Å². The molecule has 0 N–H and O–H groups in total. The van der Waals surface area contributed by atoms with Gasteiger partial charge < -0.3 is 4.90 Å². The molecule has 0 radical (unpaired) electrons. The first kappa shape index (κ1) is 11.8. The fraction of sp³-hybridized carbons (Fsp3) is 0.250. The Balaban J connectivity index is 2.33. The van der Waals surface area contributed by atoms with Gasteiger partial charge in [-0.1, -0.05) is 54.0 Å². The molecule has 3 rings (SSSR count). The Morgan fingerprint density at radius 1 is 0.944 bits per heavy atom. The zero-order valence-corrected chi connectivity index (χ0v) is 12.5. The van der Waals surface area contributed by atoms with E-state index in [1.165, 1.54) is 22.5 Å². The van der Waals surface area contributed by atoms with Crippen LogP contribution in [-0.4, -0.2) is 7.05 Å². The summed E-state index contributed by atoms with van der Waals surface area (Å²) in [5, 5.41) is 0. The lowest BCUT2D eigenvalue weighted by Gasteiger charge is -2.40. The normalized spacial score (nSPS) is 16.1. The second kappa shape index (κ2) is 3.86. The molecule has 0 aliphatic carbocycles. The van der Waals surface area contributed by atoms with Crippen LogP contribution in [0.15, 0.2) is 46.9 Å². The van der Waals surface area contributed by atoms with E-state index in [0.29, 0.717) is 0 Å². The lowest BCUT2D eigenvalue weighted by atomic mass is 9.74. The van der Waals surface area contributed by atoms with Crippen molar-refractivity contribution in [3.8, 4) is 0 Å². The van der Waals surface area contributed by atoms with Crippen LogP contribution in [0.5, 0.6) is 0 Å². The lowest BCUT2D eigenvalue weighted by molar-refractivity contribution is 0.629. The molecule has 2 aromatic carbocycles. The number of hydrogen-bond acceptors (Lipinski definition) is 1. The summed E-state index contributed by atoms with van der Waals surface area (Å²) >= 11 is 3.57. The van der Waals surface area contributed by atoms with Gasteiger partial charge in [0.2, 0.25) is 0 Å². The van der Waals surface area contributed by atoms with Gasteiger partial charge in [0.05, 0.1) is 0 Å². The van der Waals surface area contributed by atoms with E-state index < -0.39 is 0 Å². The summed E-state index contributed by atoms with van der Waals surface area (Å²) in [5.41, 5.74) is 5.41. The maximum absolute atomic E-state index is 3.57. The van der Waals surface area contributed by atoms with Crippen molar-refractivity contribution < 1.29 is 0 Å². The van der Waals surface area contributed by atoms with Crippen LogP contribution in [0, 0.1) is 0 Å². The monoisotopic (exact) mass is 301 g/mol. The molecule has 0 spiro atoms. The van der Waals surface area contributed by atoms with Gasteiger partial charge in [-0.05, 0) is 29.3 Å². The van der Waals surface area contributed by atoms with Crippen molar-refractivity contribution in [2.75, 3.05) is 11.9 Å². The van der Waals surface area contributed by atoms with E-state index in [2.05, 4.69) is 84.2 Å². The molecule has 0 unspecified atom stereocenters. The molecule has 0 bridgehead atoms. The van der Waals surface area contributed by atoms with Crippen LogP contribution in [0.4, 0.5) is 11.4 Å². The molecular formula is C16H16BrN. The minimum absolute atomic E-state index is 0.0547. The second-order valence-corrected chi connectivity index (χ2v) is 6.28. The maximum atomic E-state index is 3.57. The summed E-state index contributed by atoms with van der Waals surface area (Å²) in [6.07, 6.45) is 0. The number of para-hydroxylation sites is 1. The fourth-order valence-electron chi connectivity index (χ4n) is 2.88. The van der Waals surface area contributed by atoms with Crippen molar-refractivity contribution in [1.29, 1.82) is 0 Å². The van der Waals surface area contributed by atoms with Gasteiger partial charge in [-0.2, -0.15) is 0 Å². The summed E-state index contributed by atoms with van der Waals surface area (Å²) < 4.78 is 1.13. The quantitative estimate of drug-likeness (QED) is 0.672. The van der Waals surface area contributed by atoms with Crippen molar-refractivity contribution in [2.45, 2.75) is 19.3 Å². The zero-order valence-electron chi connectivity index (χ0n) is 10.9. The Morgan fingerprint density at radius 3 is 2.39 bits per heavy atom. The van der Waals surface area contributed by atoms with Gasteiger partial charge in [0.15, 0.2) is 0 Å². The van der Waals surface area contributed by atoms with Crippen molar-refractivity contribution >= 4 is 27.3 Å². The van der Waals surface area contributed by atoms with Crippen LogP contribution in [0.2, 0.25) is 0 Å². The van der Waals surface area contributed by atoms with Gasteiger partial charge in [-0.15, -0.1) is 0 Å². The van der Waals surface area contributed by atoms with Gasteiger partial charge in [0, 0.05) is 28.3 Å². The van der Waals surface area contributed by atoms with Crippen molar-refractivity contribution in [1.82, 2.24) is 0 Å². The third-order valence-corrected chi connectivity index (χ3v) is 4.43. The number of halogens is 1. The van der Waals surface area contributed by atoms with E-state index >= 15 is 0 Å². The number of benzene rings is 2. The Labute approximate surface area is 117 Å². The molecular weight excluding hydrogens is 286 g/mol. The highest BCUT2D eigenvalue weighted by Crippen LogP contribution is 2.48. The van der Waals surface area contributed by atoms with E-state index in [-0.39, 0.29) is 5.41 Å². The summed E-state index contributed by atoms with van der Waals surface area (Å²) in [6, 6.07) is 15.2. The van der Waals surface area contributed by atoms with Crippen LogP contribution in [0.25, 0.3) is 0 Å². The highest BCUT2D eigenvalue weighted by atomic mass is 79.9. The molecule has 18 heavy (non-hydrogen) atoms. The maximum Gasteiger partial charge on any atom is 0.0460 e. The zero-order chi connectivity index (χ0) is 12.9. The minimum Gasteiger partial charge on any atom is -0.344 e. The summed E-state index contributed by atoms with van der Waals surface area (Å²) in [4.78, 5) is 2.28. The minimum atomic E-state index is 0.0547. The summed E-state index contributed by atoms with van der Waals surface area (Å²) in [5.74, 6) is 0. The van der Waals surface area contributed by atoms with Crippen LogP contribution in [0.1, 0.15) is 25.0 Å². The Kier molecular flexibility index (Phi) is 2.53. The van der Waals surface area contributed by atoms with Crippen molar-refractivity contribution in [2.24, 2.45) is 0 Å². The average molecular weight is 302 g/mol. The molecule has 0 amide bonds. The van der Waals surface area contributed by atoms with Gasteiger partial charge in [-0.3, -0.25) is 0 Å². The first-order valence-electron chi connectivity index (χ1n) is 6.15. The molecule has 0 atom stereocenters. The van der Waals surface area contributed by atoms with Crippen molar-refractivity contribution in [3.05, 3.63) is 58.1 Å². The topological polar surface area (TPSA) is 3.24 Å². The molecule has 1 nitrogen and oxygen atoms in total. The molecule has 92 valence electrons. The Bertz CT molecular complexity index is 616. The molecule has 1 aliphatic heterocycles. The van der Waals surface area contributed by atoms with Gasteiger partial charge >= 0.3 is 0 Å². The molecule has 1 aliphatic rings. The molecule has 0 saturated heterocycles. The van der Waals surface area contributed by atoms with Crippen LogP contribution >= 0.6 is 15.9 Å². The van der Waals surface area contributed by atoms with Crippen molar-refractivity contribution in [3.63, 3.8) is 0 Å². The average Bonchev–Trinajstić information content (AvgIpc) is 2.36. The first-order chi connectivity index (χ1) is 8.51. The SMILES string of the molecule is CN1c2ccccc2C(C)(C)c2ccc(Br)cc21. The Morgan fingerprint density at radius 2 is 1.61 bits per heavy atom. The third kappa shape index (κ3) is 1.52. The van der Waals surface area contributed by atoms with Crippen LogP contribution in [-0.2, 0) is 5.41 Å². The molecule has 0 fully saturated rings. The third-order valence-electron chi connectivity index (χ3n) is 3.93. The van der Waals surface area contributed by atoms with Crippen LogP contribution < -0.4 is 4.90 Å². The standard InChI is InChI=1S/C16H16BrN/c1-16(2)12-6-4-5-7-14(12)18(3)15-10-11(17)8-9-13(15)16/h4-10H,1-3H3. The number of rotatable bonds is 0. The lowest BCUT2D eigenvalue weighted by Crippen LogP contribution is -2.30. The van der Waals surface area contributed by atoms with Gasteiger partial charge in [0.25, 0.3) is 0 Å². The van der Waals surface area contributed by atoms with E-state index in [0.717, 1.165) is 4.47 Å². The molecule has 0 aromatic heterocycles. The number of anilines is 2. The molecule has 1 heterocycles. The smallest absolute Gasteiger partial charge is 0.0460 e. The van der Waals surface area contributed by atoms with E-state index in [9.17, 15) is 0 Å². The number of fused-ring (bicyclic) bond motifs is 2.